The molecule has 6 nitrogen and oxygen atoms in total. The molecule has 1 aromatic carbocycles. The molecule has 0 aliphatic heterocycles. The Morgan fingerprint density at radius 1 is 1.06 bits per heavy atom. The highest BCUT2D eigenvalue weighted by atomic mass is 32.1. The number of pyridine rings is 1. The van der Waals surface area contributed by atoms with Crippen LogP contribution in [-0.4, -0.2) is 19.9 Å². The van der Waals surface area contributed by atoms with Gasteiger partial charge in [-0.25, -0.2) is 15.0 Å². The van der Waals surface area contributed by atoms with E-state index in [1.165, 1.54) is 16.5 Å². The summed E-state index contributed by atoms with van der Waals surface area (Å²) >= 11 is 1.70. The Bertz CT molecular complexity index is 1240. The molecular formula is C24H25N5OS. The van der Waals surface area contributed by atoms with Crippen molar-refractivity contribution < 1.29 is 0 Å². The van der Waals surface area contributed by atoms with Gasteiger partial charge >= 0.3 is 0 Å². The molecule has 1 unspecified atom stereocenters. The van der Waals surface area contributed by atoms with Crippen LogP contribution < -0.4 is 10.9 Å². The number of aromatic amines is 1. The summed E-state index contributed by atoms with van der Waals surface area (Å²) in [7, 11) is 0. The van der Waals surface area contributed by atoms with Gasteiger partial charge in [-0.15, -0.1) is 11.3 Å². The van der Waals surface area contributed by atoms with Crippen molar-refractivity contribution in [1.29, 1.82) is 0 Å². The molecule has 4 aromatic rings. The average Bonchev–Trinajstić information content (AvgIpc) is 3.16. The van der Waals surface area contributed by atoms with Crippen LogP contribution in [0.5, 0.6) is 0 Å². The Hall–Kier alpha value is -3.32. The van der Waals surface area contributed by atoms with Crippen LogP contribution in [0, 0.1) is 13.8 Å². The summed E-state index contributed by atoms with van der Waals surface area (Å²) in [5.74, 6) is 1.30. The first kappa shape index (κ1) is 20.9. The molecule has 3 aromatic heterocycles. The van der Waals surface area contributed by atoms with Crippen LogP contribution in [0.2, 0.25) is 0 Å². The zero-order valence-electron chi connectivity index (χ0n) is 18.1. The summed E-state index contributed by atoms with van der Waals surface area (Å²) in [5.41, 5.74) is 4.79. The fraction of sp³-hybridized carbons (Fsp3) is 0.250. The first-order chi connectivity index (χ1) is 14.9. The molecule has 1 atom stereocenters. The van der Waals surface area contributed by atoms with Gasteiger partial charge in [0.25, 0.3) is 5.56 Å². The van der Waals surface area contributed by atoms with Crippen LogP contribution in [0.25, 0.3) is 22.0 Å². The number of thiazole rings is 1. The number of aryl methyl sites for hydroxylation is 3. The minimum absolute atomic E-state index is 0.0661. The quantitative estimate of drug-likeness (QED) is 0.432. The zero-order chi connectivity index (χ0) is 22.0. The summed E-state index contributed by atoms with van der Waals surface area (Å²) < 4.78 is 0. The van der Waals surface area contributed by atoms with E-state index in [0.29, 0.717) is 12.2 Å². The lowest BCUT2D eigenvalue weighted by Gasteiger charge is -2.14. The van der Waals surface area contributed by atoms with Gasteiger partial charge < -0.3 is 10.3 Å². The molecule has 0 amide bonds. The van der Waals surface area contributed by atoms with Crippen molar-refractivity contribution in [3.63, 3.8) is 0 Å². The van der Waals surface area contributed by atoms with Gasteiger partial charge in [-0.3, -0.25) is 4.79 Å². The van der Waals surface area contributed by atoms with Crippen LogP contribution in [0.1, 0.15) is 41.7 Å². The predicted octanol–water partition coefficient (Wildman–Crippen LogP) is 5.31. The number of hydrogen-bond donors (Lipinski definition) is 2. The second kappa shape index (κ2) is 8.81. The molecule has 0 bridgehead atoms. The molecule has 0 fully saturated rings. The fourth-order valence-electron chi connectivity index (χ4n) is 3.36. The van der Waals surface area contributed by atoms with Gasteiger partial charge in [0.05, 0.1) is 11.7 Å². The van der Waals surface area contributed by atoms with E-state index in [1.807, 2.05) is 26.0 Å². The highest BCUT2D eigenvalue weighted by Crippen LogP contribution is 2.33. The Morgan fingerprint density at radius 3 is 2.48 bits per heavy atom. The third kappa shape index (κ3) is 4.72. The van der Waals surface area contributed by atoms with E-state index in [9.17, 15) is 4.79 Å². The standard InChI is InChI=1S/C24H25N5OS/c1-5-19-12-21(30)29-23(28-19)18-10-11-20(25-13-18)26-15(3)22-16(4)27-24(31-22)17-8-6-14(2)7-9-17/h6-13,15H,5H2,1-4H3,(H,25,26)(H,28,29,30). The Kier molecular flexibility index (Phi) is 5.95. The van der Waals surface area contributed by atoms with Crippen molar-refractivity contribution in [3.05, 3.63) is 80.8 Å². The minimum Gasteiger partial charge on any atom is -0.363 e. The third-order valence-corrected chi connectivity index (χ3v) is 6.47. The van der Waals surface area contributed by atoms with Gasteiger partial charge in [-0.1, -0.05) is 36.8 Å². The molecule has 2 N–H and O–H groups in total. The molecule has 3 heterocycles. The van der Waals surface area contributed by atoms with Gasteiger partial charge in [-0.2, -0.15) is 0 Å². The maximum absolute atomic E-state index is 11.8. The van der Waals surface area contributed by atoms with Crippen molar-refractivity contribution in [1.82, 2.24) is 19.9 Å². The summed E-state index contributed by atoms with van der Waals surface area (Å²) in [4.78, 5) is 29.6. The Balaban J connectivity index is 1.51. The van der Waals surface area contributed by atoms with Crippen LogP contribution >= 0.6 is 11.3 Å². The highest BCUT2D eigenvalue weighted by Gasteiger charge is 2.16. The number of aromatic nitrogens is 4. The van der Waals surface area contributed by atoms with E-state index >= 15 is 0 Å². The first-order valence-corrected chi connectivity index (χ1v) is 11.1. The van der Waals surface area contributed by atoms with Crippen LogP contribution in [0.15, 0.2) is 53.5 Å². The lowest BCUT2D eigenvalue weighted by molar-refractivity contribution is 0.880. The second-order valence-electron chi connectivity index (χ2n) is 7.57. The van der Waals surface area contributed by atoms with E-state index in [-0.39, 0.29) is 11.6 Å². The highest BCUT2D eigenvalue weighted by molar-refractivity contribution is 7.15. The molecule has 0 spiro atoms. The fourth-order valence-corrected chi connectivity index (χ4v) is 4.44. The SMILES string of the molecule is CCc1cc(=O)[nH]c(-c2ccc(NC(C)c3sc(-c4ccc(C)cc4)nc3C)nc2)n1. The zero-order valence-corrected chi connectivity index (χ0v) is 18.9. The van der Waals surface area contributed by atoms with Crippen molar-refractivity contribution >= 4 is 17.2 Å². The molecule has 7 heteroatoms. The summed E-state index contributed by atoms with van der Waals surface area (Å²) in [6.45, 7) is 8.21. The predicted molar refractivity (Wildman–Crippen MR) is 127 cm³/mol. The smallest absolute Gasteiger partial charge is 0.251 e. The van der Waals surface area contributed by atoms with Crippen molar-refractivity contribution in [2.75, 3.05) is 5.32 Å². The average molecular weight is 432 g/mol. The van der Waals surface area contributed by atoms with E-state index in [0.717, 1.165) is 33.3 Å². The maximum atomic E-state index is 11.8. The molecule has 4 rings (SSSR count). The van der Waals surface area contributed by atoms with E-state index < -0.39 is 0 Å². The minimum atomic E-state index is -0.150. The van der Waals surface area contributed by atoms with Gasteiger partial charge in [0.15, 0.2) is 0 Å². The molecule has 0 aliphatic carbocycles. The second-order valence-corrected chi connectivity index (χ2v) is 8.60. The molecule has 0 saturated carbocycles. The molecule has 0 saturated heterocycles. The molecule has 31 heavy (non-hydrogen) atoms. The number of anilines is 1. The number of benzene rings is 1. The van der Waals surface area contributed by atoms with Gasteiger partial charge in [0.1, 0.15) is 16.6 Å². The van der Waals surface area contributed by atoms with Gasteiger partial charge in [-0.05, 0) is 39.3 Å². The van der Waals surface area contributed by atoms with Crippen molar-refractivity contribution in [2.24, 2.45) is 0 Å². The molecule has 158 valence electrons. The van der Waals surface area contributed by atoms with E-state index in [2.05, 4.69) is 58.4 Å². The molecule has 0 aliphatic rings. The van der Waals surface area contributed by atoms with Crippen LogP contribution in [0.3, 0.4) is 0 Å². The van der Waals surface area contributed by atoms with Crippen LogP contribution in [-0.2, 0) is 6.42 Å². The summed E-state index contributed by atoms with van der Waals surface area (Å²) in [6.07, 6.45) is 2.43. The van der Waals surface area contributed by atoms with Gasteiger partial charge in [0, 0.05) is 34.0 Å². The summed E-state index contributed by atoms with van der Waals surface area (Å²) in [6, 6.07) is 13.9. The van der Waals surface area contributed by atoms with E-state index in [4.69, 9.17) is 4.98 Å². The maximum Gasteiger partial charge on any atom is 0.251 e. The van der Waals surface area contributed by atoms with Gasteiger partial charge in [0.2, 0.25) is 0 Å². The van der Waals surface area contributed by atoms with Crippen LogP contribution in [0.4, 0.5) is 5.82 Å². The topological polar surface area (TPSA) is 83.6 Å². The Labute approximate surface area is 185 Å². The number of H-pyrrole nitrogens is 1. The Morgan fingerprint density at radius 2 is 1.81 bits per heavy atom. The monoisotopic (exact) mass is 431 g/mol. The molecule has 0 radical (unpaired) electrons. The summed E-state index contributed by atoms with van der Waals surface area (Å²) in [5, 5.41) is 4.48. The lowest BCUT2D eigenvalue weighted by atomic mass is 10.2. The normalized spacial score (nSPS) is 12.0. The molecular weight excluding hydrogens is 406 g/mol. The third-order valence-electron chi connectivity index (χ3n) is 5.08. The first-order valence-electron chi connectivity index (χ1n) is 10.3. The van der Waals surface area contributed by atoms with Crippen molar-refractivity contribution in [3.8, 4) is 22.0 Å². The lowest BCUT2D eigenvalue weighted by Crippen LogP contribution is -2.10. The van der Waals surface area contributed by atoms with E-state index in [1.54, 1.807) is 17.5 Å². The van der Waals surface area contributed by atoms with Crippen molar-refractivity contribution in [2.45, 2.75) is 40.2 Å². The number of rotatable bonds is 6. The number of hydrogen-bond acceptors (Lipinski definition) is 6. The largest absolute Gasteiger partial charge is 0.363 e. The number of nitrogens with zero attached hydrogens (tertiary/aromatic N) is 3. The number of nitrogens with one attached hydrogen (secondary N) is 2.